The summed E-state index contributed by atoms with van der Waals surface area (Å²) in [7, 11) is 1.64. The molecule has 146 valence electrons. The zero-order valence-electron chi connectivity index (χ0n) is 16.0. The van der Waals surface area contributed by atoms with E-state index in [0.717, 1.165) is 28.3 Å². The number of aromatic nitrogens is 3. The van der Waals surface area contributed by atoms with E-state index in [1.807, 2.05) is 66.7 Å². The van der Waals surface area contributed by atoms with Gasteiger partial charge in [-0.05, 0) is 47.5 Å². The number of hydrogen-bond acceptors (Lipinski definition) is 4. The Kier molecular flexibility index (Phi) is 5.54. The van der Waals surface area contributed by atoms with Gasteiger partial charge in [0.1, 0.15) is 12.4 Å². The van der Waals surface area contributed by atoms with Crippen molar-refractivity contribution in [1.29, 1.82) is 0 Å². The zero-order valence-corrected chi connectivity index (χ0v) is 16.0. The third kappa shape index (κ3) is 4.12. The van der Waals surface area contributed by atoms with Gasteiger partial charge in [-0.1, -0.05) is 30.3 Å². The molecule has 2 heterocycles. The van der Waals surface area contributed by atoms with Gasteiger partial charge in [0.2, 0.25) is 0 Å². The molecule has 0 radical (unpaired) electrons. The van der Waals surface area contributed by atoms with Gasteiger partial charge in [0.15, 0.2) is 0 Å². The van der Waals surface area contributed by atoms with E-state index in [1.54, 1.807) is 24.2 Å². The van der Waals surface area contributed by atoms with Crippen molar-refractivity contribution >= 4 is 0 Å². The molecule has 2 aromatic carbocycles. The molecule has 4 rings (SSSR count). The largest absolute Gasteiger partial charge is 0.491 e. The second-order valence-corrected chi connectivity index (χ2v) is 6.46. The summed E-state index contributed by atoms with van der Waals surface area (Å²) in [6.07, 6.45) is 3.41. The standard InChI is InChI=1S/C23H21N3O3/c1-28-13-14-29-20-9-7-17(8-10-20)18-15-21(23(27)24-16-18)22-11-12-25-26(22)19-5-3-2-4-6-19/h2-12,15-16H,13-14H2,1H3,(H,24,27). The van der Waals surface area contributed by atoms with E-state index in [1.165, 1.54) is 0 Å². The van der Waals surface area contributed by atoms with E-state index in [-0.39, 0.29) is 5.56 Å². The molecule has 0 unspecified atom stereocenters. The average Bonchev–Trinajstić information content (AvgIpc) is 3.25. The van der Waals surface area contributed by atoms with Gasteiger partial charge in [0, 0.05) is 13.3 Å². The fourth-order valence-corrected chi connectivity index (χ4v) is 3.11. The van der Waals surface area contributed by atoms with Crippen LogP contribution in [-0.2, 0) is 4.74 Å². The number of benzene rings is 2. The van der Waals surface area contributed by atoms with E-state index in [4.69, 9.17) is 9.47 Å². The van der Waals surface area contributed by atoms with Crippen LogP contribution in [0, 0.1) is 0 Å². The summed E-state index contributed by atoms with van der Waals surface area (Å²) in [5.74, 6) is 0.776. The van der Waals surface area contributed by atoms with Crippen LogP contribution in [0.15, 0.2) is 83.9 Å². The molecule has 29 heavy (non-hydrogen) atoms. The molecule has 0 spiro atoms. The van der Waals surface area contributed by atoms with Crippen LogP contribution in [0.5, 0.6) is 5.75 Å². The van der Waals surface area contributed by atoms with E-state index in [2.05, 4.69) is 10.1 Å². The lowest BCUT2D eigenvalue weighted by Gasteiger charge is -2.10. The Hall–Kier alpha value is -3.64. The van der Waals surface area contributed by atoms with Crippen molar-refractivity contribution in [2.75, 3.05) is 20.3 Å². The number of aromatic amines is 1. The number of ether oxygens (including phenoxy) is 2. The van der Waals surface area contributed by atoms with E-state index >= 15 is 0 Å². The second-order valence-electron chi connectivity index (χ2n) is 6.46. The van der Waals surface area contributed by atoms with E-state index in [0.29, 0.717) is 18.8 Å². The maximum absolute atomic E-state index is 12.6. The molecule has 0 amide bonds. The van der Waals surface area contributed by atoms with Gasteiger partial charge in [0.25, 0.3) is 5.56 Å². The van der Waals surface area contributed by atoms with Crippen LogP contribution in [0.4, 0.5) is 0 Å². The molecule has 6 heteroatoms. The minimum absolute atomic E-state index is 0.161. The first-order chi connectivity index (χ1) is 14.3. The number of H-pyrrole nitrogens is 1. The Bertz CT molecular complexity index is 1130. The summed E-state index contributed by atoms with van der Waals surface area (Å²) < 4.78 is 12.4. The monoisotopic (exact) mass is 387 g/mol. The SMILES string of the molecule is COCCOc1ccc(-c2c[nH]c(=O)c(-c3ccnn3-c3ccccc3)c2)cc1. The molecule has 2 aromatic heterocycles. The van der Waals surface area contributed by atoms with Crippen LogP contribution < -0.4 is 10.3 Å². The highest BCUT2D eigenvalue weighted by molar-refractivity contribution is 5.71. The highest BCUT2D eigenvalue weighted by Crippen LogP contribution is 2.26. The van der Waals surface area contributed by atoms with Gasteiger partial charge in [-0.3, -0.25) is 4.79 Å². The second kappa shape index (κ2) is 8.58. The van der Waals surface area contributed by atoms with Gasteiger partial charge in [-0.15, -0.1) is 0 Å². The number of methoxy groups -OCH3 is 1. The minimum atomic E-state index is -0.161. The quantitative estimate of drug-likeness (QED) is 0.488. The number of nitrogens with zero attached hydrogens (tertiary/aromatic N) is 2. The third-order valence-electron chi connectivity index (χ3n) is 4.57. The fraction of sp³-hybridized carbons (Fsp3) is 0.130. The molecule has 0 bridgehead atoms. The van der Waals surface area contributed by atoms with Crippen LogP contribution in [-0.4, -0.2) is 35.1 Å². The van der Waals surface area contributed by atoms with Crippen molar-refractivity contribution in [1.82, 2.24) is 14.8 Å². The molecule has 0 atom stereocenters. The zero-order chi connectivity index (χ0) is 20.1. The molecule has 1 N–H and O–H groups in total. The summed E-state index contributed by atoms with van der Waals surface area (Å²) in [6.45, 7) is 1.04. The molecule has 0 saturated heterocycles. The van der Waals surface area contributed by atoms with E-state index in [9.17, 15) is 4.79 Å². The highest BCUT2D eigenvalue weighted by atomic mass is 16.5. The first-order valence-electron chi connectivity index (χ1n) is 9.31. The molecule has 4 aromatic rings. The highest BCUT2D eigenvalue weighted by Gasteiger charge is 2.12. The first-order valence-corrected chi connectivity index (χ1v) is 9.31. The summed E-state index contributed by atoms with van der Waals surface area (Å²) in [5.41, 5.74) is 3.92. The Labute approximate surface area is 168 Å². The summed E-state index contributed by atoms with van der Waals surface area (Å²) in [4.78, 5) is 15.4. The van der Waals surface area contributed by atoms with Gasteiger partial charge in [-0.2, -0.15) is 5.10 Å². The van der Waals surface area contributed by atoms with Crippen LogP contribution in [0.1, 0.15) is 0 Å². The van der Waals surface area contributed by atoms with Crippen LogP contribution in [0.3, 0.4) is 0 Å². The lowest BCUT2D eigenvalue weighted by molar-refractivity contribution is 0.146. The predicted octanol–water partition coefficient (Wildman–Crippen LogP) is 3.92. The molecule has 0 aliphatic heterocycles. The number of hydrogen-bond donors (Lipinski definition) is 1. The normalized spacial score (nSPS) is 10.8. The number of pyridine rings is 1. The smallest absolute Gasteiger partial charge is 0.257 e. The van der Waals surface area contributed by atoms with Crippen molar-refractivity contribution in [3.05, 3.63) is 89.5 Å². The first kappa shape index (κ1) is 18.7. The summed E-state index contributed by atoms with van der Waals surface area (Å²) in [6, 6.07) is 21.2. The molecule has 0 fully saturated rings. The molecular formula is C23H21N3O3. The van der Waals surface area contributed by atoms with Crippen LogP contribution in [0.25, 0.3) is 28.1 Å². The lowest BCUT2D eigenvalue weighted by Crippen LogP contribution is -2.11. The molecule has 0 saturated carbocycles. The van der Waals surface area contributed by atoms with Crippen molar-refractivity contribution < 1.29 is 9.47 Å². The van der Waals surface area contributed by atoms with Gasteiger partial charge in [-0.25, -0.2) is 4.68 Å². The van der Waals surface area contributed by atoms with Crippen molar-refractivity contribution in [2.24, 2.45) is 0 Å². The minimum Gasteiger partial charge on any atom is -0.491 e. The maximum atomic E-state index is 12.6. The van der Waals surface area contributed by atoms with Crippen LogP contribution in [0.2, 0.25) is 0 Å². The fourth-order valence-electron chi connectivity index (χ4n) is 3.11. The third-order valence-corrected chi connectivity index (χ3v) is 4.57. The number of rotatable bonds is 7. The summed E-state index contributed by atoms with van der Waals surface area (Å²) in [5, 5.41) is 4.39. The molecular weight excluding hydrogens is 366 g/mol. The maximum Gasteiger partial charge on any atom is 0.257 e. The molecule has 0 aliphatic rings. The lowest BCUT2D eigenvalue weighted by atomic mass is 10.0. The number of nitrogens with one attached hydrogen (secondary N) is 1. The Morgan fingerprint density at radius 1 is 0.966 bits per heavy atom. The Morgan fingerprint density at radius 2 is 1.76 bits per heavy atom. The summed E-state index contributed by atoms with van der Waals surface area (Å²) >= 11 is 0. The van der Waals surface area contributed by atoms with Crippen molar-refractivity contribution in [3.8, 4) is 33.8 Å². The van der Waals surface area contributed by atoms with Crippen LogP contribution >= 0.6 is 0 Å². The average molecular weight is 387 g/mol. The Balaban J connectivity index is 1.66. The molecule has 0 aliphatic carbocycles. The van der Waals surface area contributed by atoms with Gasteiger partial charge < -0.3 is 14.5 Å². The Morgan fingerprint density at radius 3 is 2.52 bits per heavy atom. The predicted molar refractivity (Wildman–Crippen MR) is 112 cm³/mol. The molecule has 6 nitrogen and oxygen atoms in total. The van der Waals surface area contributed by atoms with Crippen molar-refractivity contribution in [3.63, 3.8) is 0 Å². The topological polar surface area (TPSA) is 69.1 Å². The van der Waals surface area contributed by atoms with Gasteiger partial charge in [0.05, 0.1) is 29.7 Å². The van der Waals surface area contributed by atoms with E-state index < -0.39 is 0 Å². The van der Waals surface area contributed by atoms with Gasteiger partial charge >= 0.3 is 0 Å². The number of para-hydroxylation sites is 1. The van der Waals surface area contributed by atoms with Crippen molar-refractivity contribution in [2.45, 2.75) is 0 Å².